The van der Waals surface area contributed by atoms with Gasteiger partial charge in [-0.25, -0.2) is 10.7 Å². The number of amides is 1. The minimum Gasteiger partial charge on any atom is -0.481 e. The smallest absolute Gasteiger partial charge is 0.408 e. The molecular weight excluding hydrogens is 885 g/mol. The van der Waals surface area contributed by atoms with E-state index in [9.17, 15) is 39.3 Å². The van der Waals surface area contributed by atoms with Crippen LogP contribution in [0.5, 0.6) is 0 Å². The molecule has 69 heavy (non-hydrogen) atoms. The lowest BCUT2D eigenvalue weighted by molar-refractivity contribution is -0.155. The zero-order chi connectivity index (χ0) is 54.1. The molecule has 3 aliphatic carbocycles. The second-order valence-electron chi connectivity index (χ2n) is 18.2. The number of Topliss-reactive ketones (excluding diaryl/α,β-unsaturated/α-hetero) is 1. The molecule has 3 aliphatic rings. The molecule has 7 N–H and O–H groups in total. The van der Waals surface area contributed by atoms with E-state index in [2.05, 4.69) is 31.3 Å². The quantitative estimate of drug-likeness (QED) is 0.0363. The monoisotopic (exact) mass is 967 g/mol. The summed E-state index contributed by atoms with van der Waals surface area (Å²) in [5.41, 5.74) is -1.16. The molecule has 15 nitrogen and oxygen atoms in total. The van der Waals surface area contributed by atoms with Crippen LogP contribution in [0.2, 0.25) is 0 Å². The number of carbonyl (C=O) groups is 6. The molecule has 4 unspecified atom stereocenters. The number of terminal acetylenes is 1. The second-order valence-corrected chi connectivity index (χ2v) is 18.2. The van der Waals surface area contributed by atoms with Crippen molar-refractivity contribution in [2.75, 3.05) is 7.11 Å². The van der Waals surface area contributed by atoms with Gasteiger partial charge in [0, 0.05) is 36.3 Å². The van der Waals surface area contributed by atoms with Crippen molar-refractivity contribution in [2.24, 2.45) is 40.4 Å². The molecule has 2 fully saturated rings. The molecule has 0 aliphatic heterocycles. The highest BCUT2D eigenvalue weighted by Gasteiger charge is 2.73. The average molecular weight is 967 g/mol. The minimum absolute atomic E-state index is 0.0191. The zero-order valence-electron chi connectivity index (χ0n) is 43.2. The van der Waals surface area contributed by atoms with Crippen LogP contribution in [0.1, 0.15) is 137 Å². The maximum atomic E-state index is 14.4. The Hall–Kier alpha value is -5.50. The van der Waals surface area contributed by atoms with Crippen LogP contribution in [0.3, 0.4) is 0 Å². The van der Waals surface area contributed by atoms with Crippen LogP contribution in [-0.4, -0.2) is 93.4 Å². The summed E-state index contributed by atoms with van der Waals surface area (Å²) in [4.78, 5) is 76.6. The van der Waals surface area contributed by atoms with Gasteiger partial charge in [-0.2, -0.15) is 0 Å². The van der Waals surface area contributed by atoms with E-state index in [4.69, 9.17) is 30.1 Å². The van der Waals surface area contributed by atoms with E-state index in [1.165, 1.54) is 6.92 Å². The first-order chi connectivity index (χ1) is 32.4. The van der Waals surface area contributed by atoms with Gasteiger partial charge in [-0.1, -0.05) is 108 Å². The van der Waals surface area contributed by atoms with E-state index in [1.807, 2.05) is 65.8 Å². The number of aliphatic hydroxyl groups is 3. The number of aliphatic carboxylic acids is 1. The van der Waals surface area contributed by atoms with Crippen molar-refractivity contribution < 1.29 is 63.5 Å². The molecule has 0 aromatic heterocycles. The van der Waals surface area contributed by atoms with Crippen LogP contribution < -0.4 is 11.2 Å². The molecule has 2 aromatic rings. The zero-order valence-corrected chi connectivity index (χ0v) is 43.2. The molecule has 0 bridgehead atoms. The van der Waals surface area contributed by atoms with Crippen LogP contribution >= 0.6 is 0 Å². The molecule has 0 spiro atoms. The molecule has 2 saturated carbocycles. The molecule has 5 rings (SSSR count). The molecule has 0 heterocycles. The predicted molar refractivity (Wildman–Crippen MR) is 268 cm³/mol. The van der Waals surface area contributed by atoms with Gasteiger partial charge in [0.1, 0.15) is 30.4 Å². The minimum atomic E-state index is -1.37. The average Bonchev–Trinajstić information content (AvgIpc) is 3.92. The summed E-state index contributed by atoms with van der Waals surface area (Å²) >= 11 is 0. The first-order valence-corrected chi connectivity index (χ1v) is 23.1. The van der Waals surface area contributed by atoms with Gasteiger partial charge < -0.3 is 40.0 Å². The van der Waals surface area contributed by atoms with Gasteiger partial charge >= 0.3 is 18.0 Å². The second kappa shape index (κ2) is 30.9. The van der Waals surface area contributed by atoms with E-state index >= 15 is 0 Å². The number of nitrogens with two attached hydrogens (primary N) is 1. The number of ether oxygens (including phenoxy) is 2. The van der Waals surface area contributed by atoms with E-state index in [-0.39, 0.29) is 43.3 Å². The fraction of sp³-hybridized carbons (Fsp3) is 0.556. The molecule has 2 aromatic carbocycles. The predicted octanol–water partition coefficient (Wildman–Crippen LogP) is 8.40. The van der Waals surface area contributed by atoms with Crippen molar-refractivity contribution in [1.82, 2.24) is 5.32 Å². The van der Waals surface area contributed by atoms with Gasteiger partial charge in [-0.05, 0) is 82.8 Å². The topological polar surface area (TPSA) is 249 Å². The van der Waals surface area contributed by atoms with Crippen LogP contribution in [0.4, 0.5) is 4.79 Å². The standard InChI is InChI=1S/C38H56N2O10.C7H6O.C2H4O.C2H6.C2H4.C2H2.CH4O/c1-20-25(17-29(50-39)33(45)38-21(2)24(15-31(42)43)28(41)16-26(38)22(38)3)36(7,8)37(9,47)19-30(20)48-32(44)18-27(23-13-11-10-12-14-23)40-34(46)49-35(4,5)6;8-6-7-4-2-1-3-5-7;1-2-3;4*1-2/h10-14,21-22,24,26-30,41,47H,15-19,39H2,1-9H3,(H,40,46)(H,42,43);1-6H;2H,1H3;1-2H3;1-2H2;1-2H;2H,1H3/t21?,22-,24?,26?,27+,28+,29+,30-,37-,38?;;;;;;/m0....../s1. The normalized spacial score (nSPS) is 25.4. The van der Waals surface area contributed by atoms with Crippen molar-refractivity contribution in [1.29, 1.82) is 0 Å². The summed E-state index contributed by atoms with van der Waals surface area (Å²) in [5, 5.41) is 41.9. The van der Waals surface area contributed by atoms with Crippen LogP contribution in [0.25, 0.3) is 0 Å². The molecule has 1 amide bonds. The van der Waals surface area contributed by atoms with Crippen molar-refractivity contribution >= 4 is 36.4 Å². The molecule has 0 saturated heterocycles. The Bertz CT molecular complexity index is 1940. The van der Waals surface area contributed by atoms with Gasteiger partial charge in [0.15, 0.2) is 5.78 Å². The van der Waals surface area contributed by atoms with E-state index in [0.717, 1.165) is 25.2 Å². The number of hydrogen-bond acceptors (Lipinski definition) is 13. The maximum absolute atomic E-state index is 14.4. The lowest BCUT2D eigenvalue weighted by atomic mass is 9.60. The SMILES string of the molecule is C#C.C=C.CC.CC1=C(C[C@@H](ON)C(=O)C23C(C)C(CC(=O)O)[C@H](O)CC2[C@@H]3C)C(C)(C)[C@@](C)(O)C[C@@H]1OC(=O)C[C@@H](NC(=O)OC(C)(C)C)c1ccccc1.CC=O.CO.O=Cc1ccccc1. The number of carbonyl (C=O) groups excluding carboxylic acids is 5. The first kappa shape index (κ1) is 65.6. The van der Waals surface area contributed by atoms with E-state index in [1.54, 1.807) is 71.0 Å². The Morgan fingerprint density at radius 2 is 1.43 bits per heavy atom. The summed E-state index contributed by atoms with van der Waals surface area (Å²) in [5.74, 6) is 2.68. The van der Waals surface area contributed by atoms with Gasteiger partial charge in [0.25, 0.3) is 0 Å². The fourth-order valence-corrected chi connectivity index (χ4v) is 9.39. The summed E-state index contributed by atoms with van der Waals surface area (Å²) in [6.07, 6.45) is 6.07. The van der Waals surface area contributed by atoms with Gasteiger partial charge in [-0.3, -0.25) is 24.0 Å². The first-order valence-electron chi connectivity index (χ1n) is 23.1. The van der Waals surface area contributed by atoms with Crippen molar-refractivity contribution in [3.8, 4) is 12.8 Å². The lowest BCUT2D eigenvalue weighted by Crippen LogP contribution is -2.52. The van der Waals surface area contributed by atoms with Gasteiger partial charge in [-0.15, -0.1) is 26.0 Å². The van der Waals surface area contributed by atoms with E-state index in [0.29, 0.717) is 23.1 Å². The highest BCUT2D eigenvalue weighted by molar-refractivity contribution is 5.93. The summed E-state index contributed by atoms with van der Waals surface area (Å²) in [6.45, 7) is 27.6. The Labute approximate surface area is 411 Å². The Balaban J connectivity index is 0. The number of hydrogen-bond donors (Lipinski definition) is 6. The lowest BCUT2D eigenvalue weighted by Gasteiger charge is -2.49. The number of benzene rings is 2. The van der Waals surface area contributed by atoms with E-state index < -0.39 is 76.3 Å². The number of carboxylic acids is 1. The van der Waals surface area contributed by atoms with Crippen LogP contribution in [-0.2, 0) is 33.5 Å². The number of ketones is 1. The summed E-state index contributed by atoms with van der Waals surface area (Å²) < 4.78 is 11.5. The molecule has 386 valence electrons. The number of aldehydes is 2. The van der Waals surface area contributed by atoms with Crippen molar-refractivity contribution in [3.63, 3.8) is 0 Å². The van der Waals surface area contributed by atoms with Crippen molar-refractivity contribution in [3.05, 3.63) is 96.1 Å². The largest absolute Gasteiger partial charge is 0.481 e. The number of carboxylic acid groups (broad SMARTS) is 1. The van der Waals surface area contributed by atoms with Crippen LogP contribution in [0.15, 0.2) is 85.0 Å². The summed E-state index contributed by atoms with van der Waals surface area (Å²) in [6, 6.07) is 17.4. The number of nitrogens with one attached hydrogen (secondary N) is 1. The maximum Gasteiger partial charge on any atom is 0.408 e. The van der Waals surface area contributed by atoms with Gasteiger partial charge in [0.05, 0.1) is 30.6 Å². The highest BCUT2D eigenvalue weighted by atomic mass is 16.6. The number of rotatable bonds is 13. The fourth-order valence-electron chi connectivity index (χ4n) is 9.39. The van der Waals surface area contributed by atoms with Gasteiger partial charge in [0.2, 0.25) is 0 Å². The third kappa shape index (κ3) is 17.8. The molecule has 10 atom stereocenters. The Morgan fingerprint density at radius 3 is 1.87 bits per heavy atom. The third-order valence-corrected chi connectivity index (χ3v) is 13.0. The molecule has 15 heteroatoms. The number of fused-ring (bicyclic) bond motifs is 1. The number of alkyl carbamates (subject to hydrolysis) is 1. The molecular formula is C54H82N2O13. The number of aliphatic hydroxyl groups excluding tert-OH is 2. The Morgan fingerprint density at radius 1 is 0.942 bits per heavy atom. The van der Waals surface area contributed by atoms with Crippen LogP contribution in [0, 0.1) is 47.3 Å². The summed E-state index contributed by atoms with van der Waals surface area (Å²) in [7, 11) is 1.00. The van der Waals surface area contributed by atoms with Crippen molar-refractivity contribution in [2.45, 2.75) is 151 Å². The number of esters is 1. The third-order valence-electron chi connectivity index (χ3n) is 13.0. The highest BCUT2D eigenvalue weighted by Crippen LogP contribution is 2.71. The molecule has 0 radical (unpaired) electrons. The Kier molecular flexibility index (Phi) is 29.3.